The molecule has 0 spiro atoms. The van der Waals surface area contributed by atoms with Crippen molar-refractivity contribution in [3.8, 4) is 0 Å². The molecule has 1 aromatic heterocycles. The summed E-state index contributed by atoms with van der Waals surface area (Å²) in [6, 6.07) is 19.0. The first kappa shape index (κ1) is 18.7. The predicted octanol–water partition coefficient (Wildman–Crippen LogP) is 5.33. The molecule has 0 saturated heterocycles. The summed E-state index contributed by atoms with van der Waals surface area (Å²) in [7, 11) is 0. The maximum atomic E-state index is 12.9. The Kier molecular flexibility index (Phi) is 5.92. The van der Waals surface area contributed by atoms with E-state index in [1.165, 1.54) is 0 Å². The molecule has 2 aromatic carbocycles. The molecular weight excluding hydrogens is 334 g/mol. The van der Waals surface area contributed by atoms with E-state index in [9.17, 15) is 9.59 Å². The molecule has 0 N–H and O–H groups in total. The molecule has 0 atom stereocenters. The van der Waals surface area contributed by atoms with Gasteiger partial charge in [0.25, 0.3) is 0 Å². The van der Waals surface area contributed by atoms with Crippen LogP contribution in [0.1, 0.15) is 56.2 Å². The van der Waals surface area contributed by atoms with E-state index in [-0.39, 0.29) is 17.5 Å². The smallest absolute Gasteiger partial charge is 0.163 e. The number of ketones is 2. The lowest BCUT2D eigenvalue weighted by atomic mass is 9.85. The first-order valence-electron chi connectivity index (χ1n) is 9.14. The fourth-order valence-corrected chi connectivity index (χ4v) is 3.38. The molecule has 0 amide bonds. The quantitative estimate of drug-likeness (QED) is 0.537. The second-order valence-corrected chi connectivity index (χ2v) is 6.86. The molecule has 3 aromatic rings. The summed E-state index contributed by atoms with van der Waals surface area (Å²) in [4.78, 5) is 29.9. The number of aryl methyl sites for hydroxylation is 2. The van der Waals surface area contributed by atoms with Gasteiger partial charge in [-0.1, -0.05) is 48.5 Å². The normalized spacial score (nSPS) is 10.8. The fourth-order valence-electron chi connectivity index (χ4n) is 3.38. The van der Waals surface area contributed by atoms with Gasteiger partial charge in [-0.3, -0.25) is 14.6 Å². The van der Waals surface area contributed by atoms with Crippen LogP contribution >= 0.6 is 0 Å². The van der Waals surface area contributed by atoms with Crippen LogP contribution in [-0.2, 0) is 0 Å². The number of nitrogens with zero attached hydrogens (tertiary/aromatic N) is 1. The number of aromatic nitrogens is 1. The van der Waals surface area contributed by atoms with Gasteiger partial charge in [-0.15, -0.1) is 0 Å². The number of Topliss-reactive ketones (excluding diaryl/α,β-unsaturated/α-hetero) is 2. The van der Waals surface area contributed by atoms with Crippen LogP contribution in [0, 0.1) is 13.8 Å². The topological polar surface area (TPSA) is 47.0 Å². The SMILES string of the molecule is Cc1ccccc1C(=O)CC(CC(=O)c1ccccc1C)c1ccncc1. The van der Waals surface area contributed by atoms with Gasteiger partial charge in [0.05, 0.1) is 0 Å². The van der Waals surface area contributed by atoms with Crippen molar-refractivity contribution in [3.63, 3.8) is 0 Å². The summed E-state index contributed by atoms with van der Waals surface area (Å²) in [5.41, 5.74) is 4.33. The molecule has 3 rings (SSSR count). The van der Waals surface area contributed by atoms with Crippen molar-refractivity contribution in [3.05, 3.63) is 101 Å². The third-order valence-electron chi connectivity index (χ3n) is 4.93. The average molecular weight is 357 g/mol. The molecule has 0 saturated carbocycles. The molecule has 0 aliphatic heterocycles. The van der Waals surface area contributed by atoms with Crippen LogP contribution in [-0.4, -0.2) is 16.6 Å². The highest BCUT2D eigenvalue weighted by molar-refractivity contribution is 6.00. The van der Waals surface area contributed by atoms with Gasteiger partial charge in [-0.05, 0) is 48.6 Å². The Morgan fingerprint density at radius 2 is 1.19 bits per heavy atom. The van der Waals surface area contributed by atoms with Crippen molar-refractivity contribution >= 4 is 11.6 Å². The molecule has 136 valence electrons. The van der Waals surface area contributed by atoms with E-state index >= 15 is 0 Å². The summed E-state index contributed by atoms with van der Waals surface area (Å²) in [5.74, 6) is -0.0489. The molecule has 3 nitrogen and oxygen atoms in total. The maximum absolute atomic E-state index is 12.9. The van der Waals surface area contributed by atoms with Crippen LogP contribution in [0.15, 0.2) is 73.1 Å². The Morgan fingerprint density at radius 3 is 1.63 bits per heavy atom. The van der Waals surface area contributed by atoms with Gasteiger partial charge in [0, 0.05) is 36.4 Å². The minimum atomic E-state index is -0.174. The van der Waals surface area contributed by atoms with Crippen molar-refractivity contribution in [1.82, 2.24) is 4.98 Å². The largest absolute Gasteiger partial charge is 0.294 e. The Bertz CT molecular complexity index is 888. The molecule has 0 aliphatic rings. The van der Waals surface area contributed by atoms with Gasteiger partial charge in [0.15, 0.2) is 11.6 Å². The lowest BCUT2D eigenvalue weighted by Crippen LogP contribution is -2.14. The third kappa shape index (κ3) is 4.56. The number of rotatable bonds is 7. The summed E-state index contributed by atoms with van der Waals surface area (Å²) in [5, 5.41) is 0. The van der Waals surface area contributed by atoms with Gasteiger partial charge >= 0.3 is 0 Å². The zero-order valence-corrected chi connectivity index (χ0v) is 15.7. The molecule has 0 unspecified atom stereocenters. The molecule has 27 heavy (non-hydrogen) atoms. The molecular formula is C24H23NO2. The van der Waals surface area contributed by atoms with Crippen molar-refractivity contribution in [2.24, 2.45) is 0 Å². The standard InChI is InChI=1S/C24H23NO2/c1-17-7-3-5-9-21(17)23(26)15-20(19-11-13-25-14-12-19)16-24(27)22-10-6-4-8-18(22)2/h3-14,20H,15-16H2,1-2H3. The number of hydrogen-bond donors (Lipinski definition) is 0. The zero-order valence-electron chi connectivity index (χ0n) is 15.7. The van der Waals surface area contributed by atoms with Crippen LogP contribution in [0.3, 0.4) is 0 Å². The minimum absolute atomic E-state index is 0.0625. The highest BCUT2D eigenvalue weighted by atomic mass is 16.1. The summed E-state index contributed by atoms with van der Waals surface area (Å²) >= 11 is 0. The summed E-state index contributed by atoms with van der Waals surface area (Å²) < 4.78 is 0. The summed E-state index contributed by atoms with van der Waals surface area (Å²) in [6.07, 6.45) is 4.01. The van der Waals surface area contributed by atoms with Gasteiger partial charge in [0.2, 0.25) is 0 Å². The van der Waals surface area contributed by atoms with Crippen LogP contribution in [0.5, 0.6) is 0 Å². The van der Waals surface area contributed by atoms with Crippen LogP contribution in [0.2, 0.25) is 0 Å². The number of carbonyl (C=O) groups is 2. The first-order valence-corrected chi connectivity index (χ1v) is 9.14. The molecule has 0 fully saturated rings. The lowest BCUT2D eigenvalue weighted by molar-refractivity contribution is 0.0944. The predicted molar refractivity (Wildman–Crippen MR) is 107 cm³/mol. The van der Waals surface area contributed by atoms with E-state index in [1.807, 2.05) is 74.5 Å². The van der Waals surface area contributed by atoms with Crippen molar-refractivity contribution in [1.29, 1.82) is 0 Å². The van der Waals surface area contributed by atoms with Crippen molar-refractivity contribution < 1.29 is 9.59 Å². The molecule has 1 heterocycles. The molecule has 0 radical (unpaired) electrons. The summed E-state index contributed by atoms with van der Waals surface area (Å²) in [6.45, 7) is 3.88. The van der Waals surface area contributed by atoms with E-state index in [0.29, 0.717) is 12.8 Å². The Morgan fingerprint density at radius 1 is 0.741 bits per heavy atom. The van der Waals surface area contributed by atoms with Gasteiger partial charge < -0.3 is 0 Å². The minimum Gasteiger partial charge on any atom is -0.294 e. The molecule has 0 bridgehead atoms. The van der Waals surface area contributed by atoms with Crippen LogP contribution < -0.4 is 0 Å². The number of pyridine rings is 1. The van der Waals surface area contributed by atoms with E-state index in [4.69, 9.17) is 0 Å². The number of hydrogen-bond acceptors (Lipinski definition) is 3. The first-order chi connectivity index (χ1) is 13.1. The lowest BCUT2D eigenvalue weighted by Gasteiger charge is -2.17. The van der Waals surface area contributed by atoms with E-state index in [1.54, 1.807) is 12.4 Å². The molecule has 3 heteroatoms. The monoisotopic (exact) mass is 357 g/mol. The Hall–Kier alpha value is -3.07. The van der Waals surface area contributed by atoms with Gasteiger partial charge in [-0.2, -0.15) is 0 Å². The van der Waals surface area contributed by atoms with E-state index in [2.05, 4.69) is 4.98 Å². The third-order valence-corrected chi connectivity index (χ3v) is 4.93. The highest BCUT2D eigenvalue weighted by Gasteiger charge is 2.22. The van der Waals surface area contributed by atoms with Crippen molar-refractivity contribution in [2.75, 3.05) is 0 Å². The van der Waals surface area contributed by atoms with Gasteiger partial charge in [0.1, 0.15) is 0 Å². The maximum Gasteiger partial charge on any atom is 0.163 e. The number of carbonyl (C=O) groups excluding carboxylic acids is 2. The second kappa shape index (κ2) is 8.54. The molecule has 0 aliphatic carbocycles. The highest BCUT2D eigenvalue weighted by Crippen LogP contribution is 2.28. The van der Waals surface area contributed by atoms with E-state index in [0.717, 1.165) is 27.8 Å². The van der Waals surface area contributed by atoms with Crippen LogP contribution in [0.4, 0.5) is 0 Å². The Balaban J connectivity index is 1.86. The fraction of sp³-hybridized carbons (Fsp3) is 0.208. The van der Waals surface area contributed by atoms with Gasteiger partial charge in [-0.25, -0.2) is 0 Å². The number of benzene rings is 2. The second-order valence-electron chi connectivity index (χ2n) is 6.86. The van der Waals surface area contributed by atoms with Crippen LogP contribution in [0.25, 0.3) is 0 Å². The average Bonchev–Trinajstić information content (AvgIpc) is 2.68. The van der Waals surface area contributed by atoms with E-state index < -0.39 is 0 Å². The Labute approximate surface area is 160 Å². The zero-order chi connectivity index (χ0) is 19.2. The van der Waals surface area contributed by atoms with Crippen molar-refractivity contribution in [2.45, 2.75) is 32.6 Å².